The molecule has 0 saturated carbocycles. The van der Waals surface area contributed by atoms with Crippen molar-refractivity contribution in [2.24, 2.45) is 0 Å². The van der Waals surface area contributed by atoms with Crippen LogP contribution in [-0.2, 0) is 15.3 Å². The molecular formula is C22H25N3O4. The lowest BCUT2D eigenvalue weighted by Crippen LogP contribution is -2.45. The lowest BCUT2D eigenvalue weighted by Gasteiger charge is -2.32. The first-order valence-corrected chi connectivity index (χ1v) is 9.54. The van der Waals surface area contributed by atoms with E-state index in [4.69, 9.17) is 14.2 Å². The van der Waals surface area contributed by atoms with Crippen LogP contribution >= 0.6 is 0 Å². The van der Waals surface area contributed by atoms with Crippen LogP contribution in [0, 0.1) is 0 Å². The van der Waals surface area contributed by atoms with Crippen molar-refractivity contribution in [1.29, 1.82) is 0 Å². The molecule has 1 amide bonds. The molecule has 0 saturated heterocycles. The Morgan fingerprint density at radius 2 is 1.86 bits per heavy atom. The minimum atomic E-state index is -1.16. The number of carbonyl (C=O) groups is 1. The molecule has 7 nitrogen and oxygen atoms in total. The summed E-state index contributed by atoms with van der Waals surface area (Å²) in [5.41, 5.74) is 1.62. The Kier molecular flexibility index (Phi) is 6.74. The zero-order chi connectivity index (χ0) is 20.7. The number of methoxy groups -OCH3 is 1. The summed E-state index contributed by atoms with van der Waals surface area (Å²) < 4.78 is 17.0. The third-order valence-electron chi connectivity index (χ3n) is 4.42. The van der Waals surface area contributed by atoms with Crippen LogP contribution in [0.5, 0.6) is 5.75 Å². The van der Waals surface area contributed by atoms with Crippen LogP contribution in [0.25, 0.3) is 10.9 Å². The molecule has 0 bridgehead atoms. The number of ether oxygens (including phenoxy) is 3. The second-order valence-corrected chi connectivity index (χ2v) is 6.27. The lowest BCUT2D eigenvalue weighted by molar-refractivity contribution is -0.240. The topological polar surface area (TPSA) is 82.6 Å². The van der Waals surface area contributed by atoms with Crippen molar-refractivity contribution in [3.05, 3.63) is 66.1 Å². The van der Waals surface area contributed by atoms with E-state index in [1.807, 2.05) is 56.3 Å². The summed E-state index contributed by atoms with van der Waals surface area (Å²) >= 11 is 0. The van der Waals surface area contributed by atoms with Gasteiger partial charge in [0, 0.05) is 24.8 Å². The highest BCUT2D eigenvalue weighted by atomic mass is 16.7. The van der Waals surface area contributed by atoms with Crippen molar-refractivity contribution in [3.8, 4) is 5.75 Å². The number of amides is 1. The molecule has 0 radical (unpaired) electrons. The van der Waals surface area contributed by atoms with Gasteiger partial charge in [0.2, 0.25) is 5.79 Å². The van der Waals surface area contributed by atoms with Crippen molar-refractivity contribution in [2.75, 3.05) is 26.9 Å². The molecule has 1 N–H and O–H groups in total. The van der Waals surface area contributed by atoms with Crippen molar-refractivity contribution in [1.82, 2.24) is 15.3 Å². The van der Waals surface area contributed by atoms with E-state index in [-0.39, 0.29) is 12.5 Å². The van der Waals surface area contributed by atoms with Crippen LogP contribution in [-0.4, -0.2) is 42.7 Å². The maximum absolute atomic E-state index is 12.8. The number of rotatable bonds is 9. The number of pyridine rings is 2. The summed E-state index contributed by atoms with van der Waals surface area (Å²) in [7, 11) is 1.61. The maximum atomic E-state index is 12.8. The van der Waals surface area contributed by atoms with Gasteiger partial charge in [-0.3, -0.25) is 9.78 Å². The molecule has 0 spiro atoms. The number of benzene rings is 1. The smallest absolute Gasteiger partial charge is 0.270 e. The highest BCUT2D eigenvalue weighted by molar-refractivity contribution is 5.95. The molecule has 0 aliphatic heterocycles. The fourth-order valence-electron chi connectivity index (χ4n) is 3.08. The highest BCUT2D eigenvalue weighted by Gasteiger charge is 2.36. The minimum Gasteiger partial charge on any atom is -0.497 e. The van der Waals surface area contributed by atoms with E-state index in [0.29, 0.717) is 30.1 Å². The average Bonchev–Trinajstić information content (AvgIpc) is 2.77. The number of hydrogen-bond donors (Lipinski definition) is 1. The number of nitrogens with zero attached hydrogens (tertiary/aromatic N) is 2. The van der Waals surface area contributed by atoms with Crippen LogP contribution < -0.4 is 10.1 Å². The molecule has 0 aliphatic carbocycles. The minimum absolute atomic E-state index is 0.104. The summed E-state index contributed by atoms with van der Waals surface area (Å²) in [6.45, 7) is 4.66. The molecule has 3 aromatic rings. The van der Waals surface area contributed by atoms with E-state index in [9.17, 15) is 4.79 Å². The average molecular weight is 395 g/mol. The number of carbonyl (C=O) groups excluding carboxylic acids is 1. The Hall–Kier alpha value is -3.03. The first-order chi connectivity index (χ1) is 14.1. The Bertz CT molecular complexity index is 957. The van der Waals surface area contributed by atoms with Gasteiger partial charge in [0.1, 0.15) is 17.1 Å². The van der Waals surface area contributed by atoms with Gasteiger partial charge in [-0.25, -0.2) is 4.98 Å². The molecule has 0 fully saturated rings. The van der Waals surface area contributed by atoms with E-state index in [2.05, 4.69) is 15.3 Å². The van der Waals surface area contributed by atoms with E-state index < -0.39 is 5.79 Å². The predicted octanol–water partition coefficient (Wildman–Crippen LogP) is 3.29. The first-order valence-electron chi connectivity index (χ1n) is 9.54. The molecule has 2 aromatic heterocycles. The Labute approximate surface area is 170 Å². The van der Waals surface area contributed by atoms with Gasteiger partial charge in [-0.15, -0.1) is 0 Å². The Morgan fingerprint density at radius 1 is 1.07 bits per heavy atom. The number of fused-ring (bicyclic) bond motifs is 1. The predicted molar refractivity (Wildman–Crippen MR) is 110 cm³/mol. The zero-order valence-electron chi connectivity index (χ0n) is 16.8. The lowest BCUT2D eigenvalue weighted by atomic mass is 10.1. The van der Waals surface area contributed by atoms with Gasteiger partial charge in [0.25, 0.3) is 5.91 Å². The Morgan fingerprint density at radius 3 is 2.52 bits per heavy atom. The summed E-state index contributed by atoms with van der Waals surface area (Å²) in [5.74, 6) is -0.738. The van der Waals surface area contributed by atoms with Gasteiger partial charge < -0.3 is 19.5 Å². The SMILES string of the molecule is CCOC(CNC(=O)c1ccc2cc(OC)ccc2n1)(OCC)c1ccccn1. The van der Waals surface area contributed by atoms with Crippen molar-refractivity contribution in [2.45, 2.75) is 19.6 Å². The molecule has 29 heavy (non-hydrogen) atoms. The van der Waals surface area contributed by atoms with Crippen LogP contribution in [0.3, 0.4) is 0 Å². The van der Waals surface area contributed by atoms with E-state index >= 15 is 0 Å². The quantitative estimate of drug-likeness (QED) is 0.560. The van der Waals surface area contributed by atoms with Gasteiger partial charge in [-0.1, -0.05) is 12.1 Å². The summed E-state index contributed by atoms with van der Waals surface area (Å²) in [6, 6.07) is 14.5. The highest BCUT2D eigenvalue weighted by Crippen LogP contribution is 2.25. The van der Waals surface area contributed by atoms with Crippen LogP contribution in [0.4, 0.5) is 0 Å². The maximum Gasteiger partial charge on any atom is 0.270 e. The standard InChI is InChI=1S/C22H25N3O4/c1-4-28-22(29-5-2,20-8-6-7-13-23-20)15-24-21(26)19-11-9-16-14-17(27-3)10-12-18(16)25-19/h6-14H,4-5,15H2,1-3H3,(H,24,26). The molecular weight excluding hydrogens is 370 g/mol. The van der Waals surface area contributed by atoms with Crippen LogP contribution in [0.2, 0.25) is 0 Å². The molecule has 3 rings (SSSR count). The van der Waals surface area contributed by atoms with E-state index in [1.165, 1.54) is 0 Å². The molecule has 0 unspecified atom stereocenters. The molecule has 1 aromatic carbocycles. The molecule has 7 heteroatoms. The van der Waals surface area contributed by atoms with Crippen LogP contribution in [0.1, 0.15) is 30.0 Å². The van der Waals surface area contributed by atoms with Gasteiger partial charge in [-0.05, 0) is 50.2 Å². The number of aromatic nitrogens is 2. The fraction of sp³-hybridized carbons (Fsp3) is 0.318. The molecule has 0 atom stereocenters. The monoisotopic (exact) mass is 395 g/mol. The van der Waals surface area contributed by atoms with Crippen molar-refractivity contribution in [3.63, 3.8) is 0 Å². The summed E-state index contributed by atoms with van der Waals surface area (Å²) in [5, 5.41) is 3.77. The molecule has 2 heterocycles. The van der Waals surface area contributed by atoms with E-state index in [0.717, 1.165) is 11.1 Å². The third-order valence-corrected chi connectivity index (χ3v) is 4.42. The molecule has 0 aliphatic rings. The first kappa shape index (κ1) is 20.7. The summed E-state index contributed by atoms with van der Waals surface area (Å²) in [4.78, 5) is 21.6. The second kappa shape index (κ2) is 9.45. The fourth-order valence-corrected chi connectivity index (χ4v) is 3.08. The van der Waals surface area contributed by atoms with Gasteiger partial charge >= 0.3 is 0 Å². The largest absolute Gasteiger partial charge is 0.497 e. The number of hydrogen-bond acceptors (Lipinski definition) is 6. The molecule has 152 valence electrons. The Balaban J connectivity index is 1.81. The van der Waals surface area contributed by atoms with Gasteiger partial charge in [-0.2, -0.15) is 0 Å². The van der Waals surface area contributed by atoms with Crippen molar-refractivity contribution >= 4 is 16.8 Å². The van der Waals surface area contributed by atoms with Crippen LogP contribution in [0.15, 0.2) is 54.7 Å². The second-order valence-electron chi connectivity index (χ2n) is 6.27. The normalized spacial score (nSPS) is 11.4. The zero-order valence-corrected chi connectivity index (χ0v) is 16.8. The third kappa shape index (κ3) is 4.70. The van der Waals surface area contributed by atoms with Crippen molar-refractivity contribution < 1.29 is 19.0 Å². The van der Waals surface area contributed by atoms with E-state index in [1.54, 1.807) is 19.4 Å². The summed E-state index contributed by atoms with van der Waals surface area (Å²) in [6.07, 6.45) is 1.67. The van der Waals surface area contributed by atoms with Gasteiger partial charge in [0.05, 0.1) is 19.2 Å². The van der Waals surface area contributed by atoms with Gasteiger partial charge in [0.15, 0.2) is 0 Å². The number of nitrogens with one attached hydrogen (secondary N) is 1.